The van der Waals surface area contributed by atoms with Crippen molar-refractivity contribution in [1.82, 2.24) is 10.2 Å². The van der Waals surface area contributed by atoms with E-state index >= 15 is 0 Å². The largest absolute Gasteiger partial charge is 0.381 e. The Morgan fingerprint density at radius 1 is 1.29 bits per heavy atom. The van der Waals surface area contributed by atoms with E-state index in [1.165, 1.54) is 0 Å². The fourth-order valence-corrected chi connectivity index (χ4v) is 1.53. The van der Waals surface area contributed by atoms with Crippen LogP contribution in [0.25, 0.3) is 0 Å². The molecule has 0 radical (unpaired) electrons. The lowest BCUT2D eigenvalue weighted by Gasteiger charge is -2.19. The molecule has 0 saturated carbocycles. The van der Waals surface area contributed by atoms with E-state index in [-0.39, 0.29) is 11.8 Å². The van der Waals surface area contributed by atoms with Crippen LogP contribution < -0.4 is 5.32 Å². The van der Waals surface area contributed by atoms with E-state index in [4.69, 9.17) is 4.74 Å². The predicted octanol–water partition coefficient (Wildman–Crippen LogP) is 1.51. The number of carbonyl (C=O) groups excluding carboxylic acids is 1. The molecule has 0 heterocycles. The van der Waals surface area contributed by atoms with Gasteiger partial charge >= 0.3 is 0 Å². The molecule has 0 bridgehead atoms. The van der Waals surface area contributed by atoms with E-state index in [0.717, 1.165) is 45.7 Å². The van der Waals surface area contributed by atoms with Crippen LogP contribution in [-0.2, 0) is 9.53 Å². The SMILES string of the molecule is CCNCCCOCCCN(C)C(=O)C(C)C. The van der Waals surface area contributed by atoms with Crippen molar-refractivity contribution in [1.29, 1.82) is 0 Å². The number of carbonyl (C=O) groups is 1. The van der Waals surface area contributed by atoms with E-state index in [1.54, 1.807) is 4.90 Å². The number of hydrogen-bond acceptors (Lipinski definition) is 3. The Morgan fingerprint density at radius 2 is 1.94 bits per heavy atom. The average Bonchev–Trinajstić information content (AvgIpc) is 2.31. The van der Waals surface area contributed by atoms with Gasteiger partial charge in [0.1, 0.15) is 0 Å². The van der Waals surface area contributed by atoms with Gasteiger partial charge in [0.15, 0.2) is 0 Å². The van der Waals surface area contributed by atoms with Gasteiger partial charge in [-0.2, -0.15) is 0 Å². The van der Waals surface area contributed by atoms with Crippen LogP contribution >= 0.6 is 0 Å². The molecule has 1 N–H and O–H groups in total. The van der Waals surface area contributed by atoms with Crippen molar-refractivity contribution in [2.75, 3.05) is 39.9 Å². The minimum absolute atomic E-state index is 0.0843. The van der Waals surface area contributed by atoms with Gasteiger partial charge in [-0.25, -0.2) is 0 Å². The van der Waals surface area contributed by atoms with Crippen molar-refractivity contribution < 1.29 is 9.53 Å². The van der Waals surface area contributed by atoms with Crippen LogP contribution in [0.1, 0.15) is 33.6 Å². The summed E-state index contributed by atoms with van der Waals surface area (Å²) in [5.41, 5.74) is 0. The summed E-state index contributed by atoms with van der Waals surface area (Å²) in [6.07, 6.45) is 1.96. The number of hydrogen-bond donors (Lipinski definition) is 1. The molecule has 0 aliphatic heterocycles. The zero-order valence-corrected chi connectivity index (χ0v) is 11.8. The molecule has 0 aromatic rings. The van der Waals surface area contributed by atoms with Crippen LogP contribution in [0.5, 0.6) is 0 Å². The fourth-order valence-electron chi connectivity index (χ4n) is 1.53. The zero-order chi connectivity index (χ0) is 13.1. The zero-order valence-electron chi connectivity index (χ0n) is 11.8. The lowest BCUT2D eigenvalue weighted by atomic mass is 10.2. The van der Waals surface area contributed by atoms with Crippen LogP contribution in [0.4, 0.5) is 0 Å². The van der Waals surface area contributed by atoms with Gasteiger partial charge in [-0.05, 0) is 25.9 Å². The van der Waals surface area contributed by atoms with Crippen molar-refractivity contribution in [3.63, 3.8) is 0 Å². The number of ether oxygens (including phenoxy) is 1. The monoisotopic (exact) mass is 244 g/mol. The van der Waals surface area contributed by atoms with Crippen molar-refractivity contribution in [3.05, 3.63) is 0 Å². The standard InChI is InChI=1S/C13H28N2O2/c1-5-14-8-6-10-17-11-7-9-15(4)13(16)12(2)3/h12,14H,5-11H2,1-4H3. The molecule has 0 spiro atoms. The van der Waals surface area contributed by atoms with Crippen molar-refractivity contribution in [2.24, 2.45) is 5.92 Å². The maximum Gasteiger partial charge on any atom is 0.224 e. The highest BCUT2D eigenvalue weighted by molar-refractivity contribution is 5.77. The second kappa shape index (κ2) is 10.5. The van der Waals surface area contributed by atoms with E-state index < -0.39 is 0 Å². The molecule has 102 valence electrons. The lowest BCUT2D eigenvalue weighted by Crippen LogP contribution is -2.31. The minimum atomic E-state index is 0.0843. The number of amides is 1. The highest BCUT2D eigenvalue weighted by atomic mass is 16.5. The van der Waals surface area contributed by atoms with Gasteiger partial charge in [-0.15, -0.1) is 0 Å². The van der Waals surface area contributed by atoms with Gasteiger partial charge in [0.2, 0.25) is 5.91 Å². The first kappa shape index (κ1) is 16.4. The molecule has 0 saturated heterocycles. The Hall–Kier alpha value is -0.610. The molecule has 0 aliphatic rings. The van der Waals surface area contributed by atoms with Crippen LogP contribution in [0.15, 0.2) is 0 Å². The van der Waals surface area contributed by atoms with Crippen molar-refractivity contribution in [3.8, 4) is 0 Å². The predicted molar refractivity (Wildman–Crippen MR) is 71.1 cm³/mol. The minimum Gasteiger partial charge on any atom is -0.381 e. The first-order valence-corrected chi connectivity index (χ1v) is 6.63. The fraction of sp³-hybridized carbons (Fsp3) is 0.923. The summed E-state index contributed by atoms with van der Waals surface area (Å²) in [7, 11) is 1.85. The summed E-state index contributed by atoms with van der Waals surface area (Å²) in [5.74, 6) is 0.290. The third-order valence-corrected chi connectivity index (χ3v) is 2.54. The highest BCUT2D eigenvalue weighted by Crippen LogP contribution is 1.99. The molecule has 0 aromatic carbocycles. The molecule has 0 aliphatic carbocycles. The van der Waals surface area contributed by atoms with Gasteiger partial charge in [0.25, 0.3) is 0 Å². The molecule has 4 nitrogen and oxygen atoms in total. The maximum absolute atomic E-state index is 11.6. The summed E-state index contributed by atoms with van der Waals surface area (Å²) < 4.78 is 5.49. The Labute approximate surface area is 106 Å². The molecule has 0 unspecified atom stereocenters. The van der Waals surface area contributed by atoms with E-state index in [2.05, 4.69) is 12.2 Å². The average molecular weight is 244 g/mol. The first-order valence-electron chi connectivity index (χ1n) is 6.63. The van der Waals surface area contributed by atoms with Gasteiger partial charge in [-0.1, -0.05) is 20.8 Å². The second-order valence-electron chi connectivity index (χ2n) is 4.59. The smallest absolute Gasteiger partial charge is 0.224 e. The van der Waals surface area contributed by atoms with Crippen molar-refractivity contribution in [2.45, 2.75) is 33.6 Å². The third-order valence-electron chi connectivity index (χ3n) is 2.54. The Bertz CT molecular complexity index is 196. The van der Waals surface area contributed by atoms with E-state index in [0.29, 0.717) is 0 Å². The van der Waals surface area contributed by atoms with Crippen LogP contribution in [0, 0.1) is 5.92 Å². The van der Waals surface area contributed by atoms with Gasteiger partial charge < -0.3 is 15.0 Å². The van der Waals surface area contributed by atoms with Crippen LogP contribution in [0.2, 0.25) is 0 Å². The summed E-state index contributed by atoms with van der Waals surface area (Å²) in [6, 6.07) is 0. The molecule has 1 amide bonds. The number of nitrogens with one attached hydrogen (secondary N) is 1. The molecule has 17 heavy (non-hydrogen) atoms. The summed E-state index contributed by atoms with van der Waals surface area (Å²) >= 11 is 0. The second-order valence-corrected chi connectivity index (χ2v) is 4.59. The Balaban J connectivity index is 3.30. The number of rotatable bonds is 10. The maximum atomic E-state index is 11.6. The molecule has 0 rings (SSSR count). The Kier molecular flexibility index (Phi) is 10.2. The topological polar surface area (TPSA) is 41.6 Å². The summed E-state index contributed by atoms with van der Waals surface area (Å²) in [5, 5.41) is 3.25. The molecular formula is C13H28N2O2. The molecule has 0 aromatic heterocycles. The molecule has 4 heteroatoms. The quantitative estimate of drug-likeness (QED) is 0.592. The first-order chi connectivity index (χ1) is 8.09. The van der Waals surface area contributed by atoms with Crippen LogP contribution in [0.3, 0.4) is 0 Å². The van der Waals surface area contributed by atoms with Crippen molar-refractivity contribution >= 4 is 5.91 Å². The number of nitrogens with zero attached hydrogens (tertiary/aromatic N) is 1. The highest BCUT2D eigenvalue weighted by Gasteiger charge is 2.11. The normalized spacial score (nSPS) is 10.9. The Morgan fingerprint density at radius 3 is 2.53 bits per heavy atom. The third kappa shape index (κ3) is 9.12. The summed E-state index contributed by atoms with van der Waals surface area (Å²) in [4.78, 5) is 13.3. The molecule has 0 atom stereocenters. The van der Waals surface area contributed by atoms with Gasteiger partial charge in [0.05, 0.1) is 0 Å². The molecule has 0 fully saturated rings. The van der Waals surface area contributed by atoms with E-state index in [1.807, 2.05) is 20.9 Å². The van der Waals surface area contributed by atoms with Gasteiger partial charge in [-0.3, -0.25) is 4.79 Å². The van der Waals surface area contributed by atoms with Gasteiger partial charge in [0, 0.05) is 32.7 Å². The molecular weight excluding hydrogens is 216 g/mol. The van der Waals surface area contributed by atoms with Crippen LogP contribution in [-0.4, -0.2) is 50.7 Å². The summed E-state index contributed by atoms with van der Waals surface area (Å²) in [6.45, 7) is 10.3. The lowest BCUT2D eigenvalue weighted by molar-refractivity contribution is -0.133. The van der Waals surface area contributed by atoms with E-state index in [9.17, 15) is 4.79 Å².